The van der Waals surface area contributed by atoms with Crippen LogP contribution in [0.15, 0.2) is 96.5 Å². The maximum atomic E-state index is 5.57. The monoisotopic (exact) mass is 491 g/mol. The van der Waals surface area contributed by atoms with Gasteiger partial charge in [-0.15, -0.1) is 6.58 Å². The van der Waals surface area contributed by atoms with Gasteiger partial charge in [-0.1, -0.05) is 44.2 Å². The van der Waals surface area contributed by atoms with Crippen LogP contribution in [-0.2, 0) is 9.47 Å². The van der Waals surface area contributed by atoms with E-state index in [1.807, 2.05) is 32.1 Å². The average molecular weight is 492 g/mol. The lowest BCUT2D eigenvalue weighted by molar-refractivity contribution is 0.138. The van der Waals surface area contributed by atoms with Gasteiger partial charge >= 0.3 is 0 Å². The second-order valence-electron chi connectivity index (χ2n) is 9.38. The van der Waals surface area contributed by atoms with Crippen molar-refractivity contribution in [2.75, 3.05) is 40.4 Å². The Morgan fingerprint density at radius 3 is 2.67 bits per heavy atom. The molecule has 1 N–H and O–H groups in total. The lowest BCUT2D eigenvalue weighted by Crippen LogP contribution is -2.56. The first-order valence-electron chi connectivity index (χ1n) is 13.4. The smallest absolute Gasteiger partial charge is 0.120 e. The Balaban J connectivity index is 0.00000176. The van der Waals surface area contributed by atoms with Crippen molar-refractivity contribution in [2.24, 2.45) is 5.92 Å². The van der Waals surface area contributed by atoms with Crippen molar-refractivity contribution in [3.05, 3.63) is 96.5 Å². The van der Waals surface area contributed by atoms with Crippen LogP contribution in [0.3, 0.4) is 0 Å². The molecule has 0 aromatic heterocycles. The van der Waals surface area contributed by atoms with Crippen molar-refractivity contribution in [3.63, 3.8) is 0 Å². The van der Waals surface area contributed by atoms with Crippen molar-refractivity contribution in [2.45, 2.75) is 51.5 Å². The number of hydrogen-bond donors (Lipinski definition) is 1. The maximum absolute atomic E-state index is 5.57. The fourth-order valence-electron chi connectivity index (χ4n) is 5.42. The Bertz CT molecular complexity index is 943. The van der Waals surface area contributed by atoms with E-state index in [4.69, 9.17) is 9.47 Å². The number of allylic oxidation sites excluding steroid dienone is 8. The lowest BCUT2D eigenvalue weighted by atomic mass is 9.82. The van der Waals surface area contributed by atoms with Crippen LogP contribution >= 0.6 is 0 Å². The molecule has 5 heteroatoms. The molecule has 36 heavy (non-hydrogen) atoms. The molecule has 0 aromatic carbocycles. The van der Waals surface area contributed by atoms with Crippen LogP contribution in [0, 0.1) is 5.92 Å². The van der Waals surface area contributed by atoms with E-state index in [1.54, 1.807) is 14.2 Å². The Hall–Kier alpha value is -2.92. The van der Waals surface area contributed by atoms with E-state index < -0.39 is 0 Å². The summed E-state index contributed by atoms with van der Waals surface area (Å²) in [7, 11) is 3.48. The number of nitrogens with one attached hydrogen (secondary N) is 1. The van der Waals surface area contributed by atoms with E-state index in [0.29, 0.717) is 5.92 Å². The third-order valence-electron chi connectivity index (χ3n) is 7.23. The molecule has 4 aliphatic rings. The number of fused-ring (bicyclic) bond motifs is 2. The van der Waals surface area contributed by atoms with Gasteiger partial charge in [0, 0.05) is 44.3 Å². The number of methoxy groups -OCH3 is 2. The van der Waals surface area contributed by atoms with Crippen molar-refractivity contribution in [1.29, 1.82) is 0 Å². The molecule has 1 fully saturated rings. The first-order valence-corrected chi connectivity index (χ1v) is 13.4. The molecule has 1 atom stereocenters. The summed E-state index contributed by atoms with van der Waals surface area (Å²) in [6.07, 6.45) is 28.9. The molecule has 4 rings (SSSR count). The second-order valence-corrected chi connectivity index (χ2v) is 9.38. The SMILES string of the molecule is C=CCC1=CC(CN2CCC3(CC2)N/C=C/C(OC)=C\C=C\N2CC=CCC=C23)CC=C1OC.CC. The zero-order chi connectivity index (χ0) is 25.8. The van der Waals surface area contributed by atoms with Gasteiger partial charge in [-0.25, -0.2) is 0 Å². The summed E-state index contributed by atoms with van der Waals surface area (Å²) in [5.74, 6) is 2.38. The standard InChI is InChI=1S/C29H39N3O2.C2H6/c1-4-9-25-22-24(12-13-27(25)34-3)23-31-20-15-29(16-21-31)28-11-6-5-7-18-32(28)19-8-10-26(33-2)14-17-30-29;1-2/h4-5,7-8,10-11,13-14,17,19,22,24,30H,1,6,9,12,15-16,18,20-21,23H2,2-3H3;1-2H3/b17-14+,19-8+,26-10+;. The molecule has 0 aromatic rings. The average Bonchev–Trinajstić information content (AvgIpc) is 3.16. The van der Waals surface area contributed by atoms with E-state index >= 15 is 0 Å². The third-order valence-corrected chi connectivity index (χ3v) is 7.23. The molecule has 1 aliphatic carbocycles. The summed E-state index contributed by atoms with van der Waals surface area (Å²) in [6.45, 7) is 12.0. The first-order chi connectivity index (χ1) is 17.7. The number of ether oxygens (including phenoxy) is 2. The predicted octanol–water partition coefficient (Wildman–Crippen LogP) is 6.21. The van der Waals surface area contributed by atoms with Crippen LogP contribution in [0.25, 0.3) is 0 Å². The number of likely N-dealkylation sites (tertiary alicyclic amines) is 1. The molecule has 196 valence electrons. The van der Waals surface area contributed by atoms with E-state index in [0.717, 1.165) is 69.8 Å². The molecule has 3 heterocycles. The van der Waals surface area contributed by atoms with E-state index in [2.05, 4.69) is 70.6 Å². The maximum Gasteiger partial charge on any atom is 0.120 e. The molecule has 1 spiro atoms. The highest BCUT2D eigenvalue weighted by Gasteiger charge is 2.39. The van der Waals surface area contributed by atoms with Crippen LogP contribution in [0.1, 0.15) is 46.0 Å². The van der Waals surface area contributed by atoms with Gasteiger partial charge in [-0.3, -0.25) is 0 Å². The number of nitrogens with zero attached hydrogens (tertiary/aromatic N) is 2. The summed E-state index contributed by atoms with van der Waals surface area (Å²) in [5.41, 5.74) is 2.56. The molecular formula is C31H45N3O2. The van der Waals surface area contributed by atoms with Crippen molar-refractivity contribution in [1.82, 2.24) is 15.1 Å². The lowest BCUT2D eigenvalue weighted by Gasteiger charge is -2.47. The van der Waals surface area contributed by atoms with Crippen LogP contribution in [0.4, 0.5) is 0 Å². The summed E-state index contributed by atoms with van der Waals surface area (Å²) in [6, 6.07) is 0. The van der Waals surface area contributed by atoms with Crippen molar-refractivity contribution >= 4 is 0 Å². The van der Waals surface area contributed by atoms with Gasteiger partial charge < -0.3 is 24.6 Å². The van der Waals surface area contributed by atoms with Crippen LogP contribution in [-0.4, -0.2) is 55.7 Å². The molecule has 3 aliphatic heterocycles. The quantitative estimate of drug-likeness (QED) is 0.447. The predicted molar refractivity (Wildman–Crippen MR) is 151 cm³/mol. The summed E-state index contributed by atoms with van der Waals surface area (Å²) < 4.78 is 11.1. The van der Waals surface area contributed by atoms with Gasteiger partial charge in [0.05, 0.1) is 19.8 Å². The van der Waals surface area contributed by atoms with Gasteiger partial charge in [-0.2, -0.15) is 0 Å². The van der Waals surface area contributed by atoms with Crippen LogP contribution in [0.5, 0.6) is 0 Å². The van der Waals surface area contributed by atoms with Gasteiger partial charge in [0.15, 0.2) is 0 Å². The molecule has 0 bridgehead atoms. The molecule has 1 unspecified atom stereocenters. The van der Waals surface area contributed by atoms with Crippen molar-refractivity contribution in [3.8, 4) is 0 Å². The molecule has 0 saturated carbocycles. The molecule has 1 saturated heterocycles. The number of hydrogen-bond acceptors (Lipinski definition) is 5. The van der Waals surface area contributed by atoms with Gasteiger partial charge in [0.2, 0.25) is 0 Å². The first kappa shape index (κ1) is 27.7. The Labute approximate surface area is 218 Å². The van der Waals surface area contributed by atoms with E-state index in [9.17, 15) is 0 Å². The minimum Gasteiger partial charge on any atom is -0.497 e. The minimum absolute atomic E-state index is 0.0842. The normalized spacial score (nSPS) is 26.7. The Morgan fingerprint density at radius 1 is 1.14 bits per heavy atom. The molecule has 5 nitrogen and oxygen atoms in total. The summed E-state index contributed by atoms with van der Waals surface area (Å²) >= 11 is 0. The fourth-order valence-corrected chi connectivity index (χ4v) is 5.42. The summed E-state index contributed by atoms with van der Waals surface area (Å²) in [4.78, 5) is 5.02. The Morgan fingerprint density at radius 2 is 1.94 bits per heavy atom. The largest absolute Gasteiger partial charge is 0.497 e. The zero-order valence-corrected chi connectivity index (χ0v) is 22.7. The van der Waals surface area contributed by atoms with Gasteiger partial charge in [0.25, 0.3) is 0 Å². The molecular weight excluding hydrogens is 446 g/mol. The van der Waals surface area contributed by atoms with Gasteiger partial charge in [-0.05, 0) is 67.9 Å². The third kappa shape index (κ3) is 6.85. The highest BCUT2D eigenvalue weighted by molar-refractivity contribution is 5.33. The summed E-state index contributed by atoms with van der Waals surface area (Å²) in [5, 5.41) is 3.81. The highest BCUT2D eigenvalue weighted by atomic mass is 16.5. The number of rotatable bonds is 6. The Kier molecular flexibility index (Phi) is 10.7. The van der Waals surface area contributed by atoms with Crippen LogP contribution < -0.4 is 5.32 Å². The molecule has 0 amide bonds. The van der Waals surface area contributed by atoms with E-state index in [-0.39, 0.29) is 5.54 Å². The number of piperidine rings is 1. The topological polar surface area (TPSA) is 37.0 Å². The second kappa shape index (κ2) is 14.0. The highest BCUT2D eigenvalue weighted by Crippen LogP contribution is 2.35. The zero-order valence-electron chi connectivity index (χ0n) is 22.7. The van der Waals surface area contributed by atoms with Crippen LogP contribution in [0.2, 0.25) is 0 Å². The minimum atomic E-state index is -0.0842. The molecule has 0 radical (unpaired) electrons. The van der Waals surface area contributed by atoms with E-state index in [1.165, 1.54) is 11.3 Å². The van der Waals surface area contributed by atoms with Crippen molar-refractivity contribution < 1.29 is 9.47 Å². The van der Waals surface area contributed by atoms with Gasteiger partial charge in [0.1, 0.15) is 11.5 Å². The fraction of sp³-hybridized carbons (Fsp3) is 0.484.